The number of hydrogen-bond acceptors (Lipinski definition) is 3. The van der Waals surface area contributed by atoms with E-state index in [1.807, 2.05) is 18.2 Å². The highest BCUT2D eigenvalue weighted by molar-refractivity contribution is 5.43. The van der Waals surface area contributed by atoms with Crippen molar-refractivity contribution in [1.82, 2.24) is 5.32 Å². The van der Waals surface area contributed by atoms with Crippen LogP contribution in [0.25, 0.3) is 0 Å². The van der Waals surface area contributed by atoms with Gasteiger partial charge in [0.05, 0.1) is 19.8 Å². The summed E-state index contributed by atoms with van der Waals surface area (Å²) < 4.78 is 5.30. The lowest BCUT2D eigenvalue weighted by atomic mass is 9.94. The lowest BCUT2D eigenvalue weighted by molar-refractivity contribution is 0.239. The molecule has 76 valence electrons. The standard InChI is InChI=1S/C11H15NO2/c1-14-11-4-2-3-8-9(11)5-6-12-10(8)7-13/h2-4,10,12-13H,5-7H2,1H3/t10-/m1/s1. The van der Waals surface area contributed by atoms with Gasteiger partial charge in [0, 0.05) is 5.56 Å². The first-order valence-electron chi connectivity index (χ1n) is 4.87. The summed E-state index contributed by atoms with van der Waals surface area (Å²) in [5.41, 5.74) is 2.39. The SMILES string of the molecule is COc1cccc2c1CCN[C@@H]2CO. The van der Waals surface area contributed by atoms with Crippen molar-refractivity contribution in [2.45, 2.75) is 12.5 Å². The molecule has 0 spiro atoms. The van der Waals surface area contributed by atoms with Gasteiger partial charge in [-0.1, -0.05) is 12.1 Å². The molecule has 0 fully saturated rings. The Bertz CT molecular complexity index is 325. The van der Waals surface area contributed by atoms with Crippen molar-refractivity contribution in [2.24, 2.45) is 0 Å². The molecule has 2 N–H and O–H groups in total. The highest BCUT2D eigenvalue weighted by Crippen LogP contribution is 2.29. The molecule has 14 heavy (non-hydrogen) atoms. The van der Waals surface area contributed by atoms with Crippen molar-refractivity contribution in [3.05, 3.63) is 29.3 Å². The summed E-state index contributed by atoms with van der Waals surface area (Å²) in [6.07, 6.45) is 0.968. The predicted molar refractivity (Wildman–Crippen MR) is 54.5 cm³/mol. The second kappa shape index (κ2) is 3.98. The summed E-state index contributed by atoms with van der Waals surface area (Å²) in [7, 11) is 1.69. The number of rotatable bonds is 2. The highest BCUT2D eigenvalue weighted by Gasteiger charge is 2.20. The van der Waals surface area contributed by atoms with Crippen molar-refractivity contribution in [1.29, 1.82) is 0 Å². The van der Waals surface area contributed by atoms with Gasteiger partial charge in [-0.2, -0.15) is 0 Å². The molecule has 1 atom stereocenters. The number of hydrogen-bond donors (Lipinski definition) is 2. The zero-order chi connectivity index (χ0) is 9.97. The molecule has 1 heterocycles. The Morgan fingerprint density at radius 2 is 2.43 bits per heavy atom. The largest absolute Gasteiger partial charge is 0.496 e. The zero-order valence-corrected chi connectivity index (χ0v) is 8.29. The first kappa shape index (κ1) is 9.49. The van der Waals surface area contributed by atoms with Crippen molar-refractivity contribution in [3.8, 4) is 5.75 Å². The number of benzene rings is 1. The number of fused-ring (bicyclic) bond motifs is 1. The van der Waals surface area contributed by atoms with E-state index < -0.39 is 0 Å². The van der Waals surface area contributed by atoms with Crippen LogP contribution in [0.5, 0.6) is 5.75 Å². The average molecular weight is 193 g/mol. The second-order valence-corrected chi connectivity index (χ2v) is 3.47. The Kier molecular flexibility index (Phi) is 2.70. The molecule has 2 rings (SSSR count). The Balaban J connectivity index is 2.43. The first-order valence-corrected chi connectivity index (χ1v) is 4.87. The van der Waals surface area contributed by atoms with Gasteiger partial charge in [0.25, 0.3) is 0 Å². The fourth-order valence-corrected chi connectivity index (χ4v) is 2.01. The molecule has 0 radical (unpaired) electrons. The Labute approximate surface area is 83.7 Å². The molecule has 0 saturated carbocycles. The third-order valence-electron chi connectivity index (χ3n) is 2.71. The van der Waals surface area contributed by atoms with E-state index in [0.29, 0.717) is 0 Å². The van der Waals surface area contributed by atoms with Crippen molar-refractivity contribution in [3.63, 3.8) is 0 Å². The monoisotopic (exact) mass is 193 g/mol. The zero-order valence-electron chi connectivity index (χ0n) is 8.29. The fourth-order valence-electron chi connectivity index (χ4n) is 2.01. The van der Waals surface area contributed by atoms with E-state index in [2.05, 4.69) is 5.32 Å². The van der Waals surface area contributed by atoms with Crippen molar-refractivity contribution in [2.75, 3.05) is 20.3 Å². The predicted octanol–water partition coefficient (Wildman–Crippen LogP) is 0.874. The van der Waals surface area contributed by atoms with Gasteiger partial charge in [0.1, 0.15) is 5.75 Å². The molecule has 0 aromatic heterocycles. The minimum Gasteiger partial charge on any atom is -0.496 e. The van der Waals surface area contributed by atoms with Gasteiger partial charge in [0.2, 0.25) is 0 Å². The number of nitrogens with one attached hydrogen (secondary N) is 1. The van der Waals surface area contributed by atoms with E-state index in [9.17, 15) is 5.11 Å². The van der Waals surface area contributed by atoms with Gasteiger partial charge in [-0.05, 0) is 24.6 Å². The van der Waals surface area contributed by atoms with Crippen LogP contribution in [0.4, 0.5) is 0 Å². The summed E-state index contributed by atoms with van der Waals surface area (Å²) in [4.78, 5) is 0. The van der Waals surface area contributed by atoms with Crippen LogP contribution >= 0.6 is 0 Å². The molecule has 3 nitrogen and oxygen atoms in total. The summed E-state index contributed by atoms with van der Waals surface area (Å²) in [5.74, 6) is 0.933. The molecule has 3 heteroatoms. The molecule has 0 saturated heterocycles. The van der Waals surface area contributed by atoms with Crippen LogP contribution in [-0.2, 0) is 6.42 Å². The van der Waals surface area contributed by atoms with E-state index in [-0.39, 0.29) is 12.6 Å². The minimum atomic E-state index is 0.0637. The van der Waals surface area contributed by atoms with Gasteiger partial charge in [0.15, 0.2) is 0 Å². The molecular formula is C11H15NO2. The molecule has 1 aromatic rings. The van der Waals surface area contributed by atoms with E-state index in [1.165, 1.54) is 5.56 Å². The smallest absolute Gasteiger partial charge is 0.122 e. The van der Waals surface area contributed by atoms with Crippen molar-refractivity contribution >= 4 is 0 Å². The highest BCUT2D eigenvalue weighted by atomic mass is 16.5. The van der Waals surface area contributed by atoms with Crippen LogP contribution in [0.15, 0.2) is 18.2 Å². The van der Waals surface area contributed by atoms with Gasteiger partial charge in [-0.15, -0.1) is 0 Å². The second-order valence-electron chi connectivity index (χ2n) is 3.47. The van der Waals surface area contributed by atoms with Crippen LogP contribution in [0.2, 0.25) is 0 Å². The Hall–Kier alpha value is -1.06. The van der Waals surface area contributed by atoms with Crippen LogP contribution in [0.1, 0.15) is 17.2 Å². The van der Waals surface area contributed by atoms with Crippen LogP contribution in [0, 0.1) is 0 Å². The maximum absolute atomic E-state index is 9.20. The molecular weight excluding hydrogens is 178 g/mol. The number of aliphatic hydroxyl groups excluding tert-OH is 1. The van der Waals surface area contributed by atoms with E-state index >= 15 is 0 Å². The van der Waals surface area contributed by atoms with E-state index in [0.717, 1.165) is 24.3 Å². The summed E-state index contributed by atoms with van der Waals surface area (Å²) >= 11 is 0. The third kappa shape index (κ3) is 1.49. The Morgan fingerprint density at radius 3 is 3.14 bits per heavy atom. The van der Waals surface area contributed by atoms with Crippen molar-refractivity contribution < 1.29 is 9.84 Å². The third-order valence-corrected chi connectivity index (χ3v) is 2.71. The number of aliphatic hydroxyl groups is 1. The Morgan fingerprint density at radius 1 is 1.57 bits per heavy atom. The summed E-state index contributed by atoms with van der Waals surface area (Å²) in [5, 5.41) is 12.5. The summed E-state index contributed by atoms with van der Waals surface area (Å²) in [6.45, 7) is 1.04. The maximum Gasteiger partial charge on any atom is 0.122 e. The quantitative estimate of drug-likeness (QED) is 0.732. The van der Waals surface area contributed by atoms with E-state index in [1.54, 1.807) is 7.11 Å². The molecule has 1 aromatic carbocycles. The van der Waals surface area contributed by atoms with Gasteiger partial charge in [-0.3, -0.25) is 0 Å². The molecule has 1 aliphatic rings. The summed E-state index contributed by atoms with van der Waals surface area (Å²) in [6, 6.07) is 6.05. The lowest BCUT2D eigenvalue weighted by Crippen LogP contribution is -2.32. The first-order chi connectivity index (χ1) is 6.86. The van der Waals surface area contributed by atoms with E-state index in [4.69, 9.17) is 4.74 Å². The average Bonchev–Trinajstić information content (AvgIpc) is 2.27. The van der Waals surface area contributed by atoms with Gasteiger partial charge < -0.3 is 15.2 Å². The molecule has 0 bridgehead atoms. The van der Waals surface area contributed by atoms with Gasteiger partial charge in [-0.25, -0.2) is 0 Å². The van der Waals surface area contributed by atoms with Crippen LogP contribution in [0.3, 0.4) is 0 Å². The topological polar surface area (TPSA) is 41.5 Å². The molecule has 1 aliphatic heterocycles. The number of methoxy groups -OCH3 is 1. The van der Waals surface area contributed by atoms with Crippen LogP contribution in [-0.4, -0.2) is 25.4 Å². The molecule has 0 amide bonds. The van der Waals surface area contributed by atoms with Crippen LogP contribution < -0.4 is 10.1 Å². The fraction of sp³-hybridized carbons (Fsp3) is 0.455. The van der Waals surface area contributed by atoms with Gasteiger partial charge >= 0.3 is 0 Å². The lowest BCUT2D eigenvalue weighted by Gasteiger charge is -2.26. The molecule has 0 unspecified atom stereocenters. The maximum atomic E-state index is 9.20. The number of ether oxygens (including phenoxy) is 1. The normalized spacial score (nSPS) is 20.3. The molecule has 0 aliphatic carbocycles. The minimum absolute atomic E-state index is 0.0637.